The van der Waals surface area contributed by atoms with Gasteiger partial charge in [-0.1, -0.05) is 17.7 Å². The number of rotatable bonds is 3. The molecule has 0 aromatic heterocycles. The zero-order valence-corrected chi connectivity index (χ0v) is 12.7. The van der Waals surface area contributed by atoms with Crippen molar-refractivity contribution in [3.05, 3.63) is 34.4 Å². The molecule has 0 spiro atoms. The molecule has 1 fully saturated rings. The van der Waals surface area contributed by atoms with Crippen LogP contribution in [0, 0.1) is 20.8 Å². The van der Waals surface area contributed by atoms with Gasteiger partial charge in [0.2, 0.25) is 5.91 Å². The van der Waals surface area contributed by atoms with E-state index in [0.29, 0.717) is 6.54 Å². The molecule has 0 aliphatic carbocycles. The molecule has 2 rings (SSSR count). The second-order valence-electron chi connectivity index (χ2n) is 5.24. The Hall–Kier alpha value is -1.06. The lowest BCUT2D eigenvalue weighted by atomic mass is 10.00. The Labute approximate surface area is 121 Å². The summed E-state index contributed by atoms with van der Waals surface area (Å²) in [4.78, 5) is 11.9. The molecule has 1 heterocycles. The summed E-state index contributed by atoms with van der Waals surface area (Å²) in [5.74, 6) is 0.131. The Balaban J connectivity index is 0.00000180. The summed E-state index contributed by atoms with van der Waals surface area (Å²) in [6, 6.07) is 4.35. The van der Waals surface area contributed by atoms with Gasteiger partial charge in [0.05, 0.1) is 6.04 Å². The van der Waals surface area contributed by atoms with E-state index in [1.807, 2.05) is 0 Å². The maximum absolute atomic E-state index is 11.9. The number of hydrogen-bond donors (Lipinski definition) is 2. The number of hydrogen-bond acceptors (Lipinski definition) is 2. The predicted octanol–water partition coefficient (Wildman–Crippen LogP) is 2.40. The number of amides is 1. The van der Waals surface area contributed by atoms with Gasteiger partial charge < -0.3 is 10.6 Å². The first-order chi connectivity index (χ1) is 8.58. The molecule has 1 aromatic carbocycles. The van der Waals surface area contributed by atoms with Crippen molar-refractivity contribution >= 4 is 18.3 Å². The molecule has 106 valence electrons. The van der Waals surface area contributed by atoms with Crippen LogP contribution in [0.5, 0.6) is 0 Å². The van der Waals surface area contributed by atoms with E-state index in [-0.39, 0.29) is 24.4 Å². The van der Waals surface area contributed by atoms with Crippen LogP contribution in [0.25, 0.3) is 0 Å². The third kappa shape index (κ3) is 3.95. The van der Waals surface area contributed by atoms with Gasteiger partial charge >= 0.3 is 0 Å². The Morgan fingerprint density at radius 1 is 1.32 bits per heavy atom. The fourth-order valence-electron chi connectivity index (χ4n) is 2.70. The second kappa shape index (κ2) is 6.92. The molecule has 1 aromatic rings. The van der Waals surface area contributed by atoms with E-state index in [1.165, 1.54) is 22.3 Å². The second-order valence-corrected chi connectivity index (χ2v) is 5.24. The van der Waals surface area contributed by atoms with Gasteiger partial charge in [-0.3, -0.25) is 4.79 Å². The lowest BCUT2D eigenvalue weighted by Gasteiger charge is -2.15. The molecule has 1 atom stereocenters. The number of aryl methyl sites for hydroxylation is 3. The Morgan fingerprint density at radius 3 is 2.47 bits per heavy atom. The third-order valence-electron chi connectivity index (χ3n) is 3.66. The molecule has 0 radical (unpaired) electrons. The number of benzene rings is 1. The van der Waals surface area contributed by atoms with E-state index >= 15 is 0 Å². The van der Waals surface area contributed by atoms with Gasteiger partial charge in [-0.05, 0) is 56.8 Å². The minimum atomic E-state index is 0. The lowest BCUT2D eigenvalue weighted by molar-refractivity contribution is -0.122. The molecule has 1 aliphatic rings. The molecular formula is C15H23ClN2O. The monoisotopic (exact) mass is 282 g/mol. The summed E-state index contributed by atoms with van der Waals surface area (Å²) in [6.45, 7) is 7.91. The Morgan fingerprint density at radius 2 is 1.95 bits per heavy atom. The van der Waals surface area contributed by atoms with Crippen LogP contribution >= 0.6 is 12.4 Å². The highest BCUT2D eigenvalue weighted by atomic mass is 35.5. The quantitative estimate of drug-likeness (QED) is 0.894. The summed E-state index contributed by atoms with van der Waals surface area (Å²) < 4.78 is 0. The molecular weight excluding hydrogens is 260 g/mol. The first-order valence-corrected chi connectivity index (χ1v) is 6.66. The molecule has 2 N–H and O–H groups in total. The average molecular weight is 283 g/mol. The first kappa shape index (κ1) is 16.0. The van der Waals surface area contributed by atoms with Crippen LogP contribution in [0.4, 0.5) is 0 Å². The smallest absolute Gasteiger partial charge is 0.237 e. The van der Waals surface area contributed by atoms with Crippen molar-refractivity contribution in [2.75, 3.05) is 6.54 Å². The summed E-state index contributed by atoms with van der Waals surface area (Å²) in [5, 5.41) is 6.26. The van der Waals surface area contributed by atoms with E-state index in [2.05, 4.69) is 43.5 Å². The van der Waals surface area contributed by atoms with Gasteiger partial charge in [0, 0.05) is 6.54 Å². The number of carbonyl (C=O) groups excluding carboxylic acids is 1. The Bertz CT molecular complexity index is 430. The molecule has 1 amide bonds. The molecule has 0 saturated carbocycles. The zero-order valence-electron chi connectivity index (χ0n) is 11.9. The SMILES string of the molecule is Cc1cc(C)c(CNC(=O)C2CCCN2)c(C)c1.Cl. The van der Waals surface area contributed by atoms with E-state index in [4.69, 9.17) is 0 Å². The highest BCUT2D eigenvalue weighted by molar-refractivity contribution is 5.85. The number of nitrogens with one attached hydrogen (secondary N) is 2. The fourth-order valence-corrected chi connectivity index (χ4v) is 2.70. The number of halogens is 1. The maximum atomic E-state index is 11.9. The van der Waals surface area contributed by atoms with Crippen molar-refractivity contribution < 1.29 is 4.79 Å². The summed E-state index contributed by atoms with van der Waals surface area (Å²) in [6.07, 6.45) is 2.05. The number of carbonyl (C=O) groups is 1. The minimum Gasteiger partial charge on any atom is -0.351 e. The highest BCUT2D eigenvalue weighted by Crippen LogP contribution is 2.16. The van der Waals surface area contributed by atoms with Gasteiger partial charge in [-0.15, -0.1) is 12.4 Å². The Kier molecular flexibility index (Phi) is 5.83. The van der Waals surface area contributed by atoms with Crippen LogP contribution < -0.4 is 10.6 Å². The molecule has 19 heavy (non-hydrogen) atoms. The van der Waals surface area contributed by atoms with Crippen molar-refractivity contribution in [1.29, 1.82) is 0 Å². The zero-order chi connectivity index (χ0) is 13.1. The molecule has 1 unspecified atom stereocenters. The van der Waals surface area contributed by atoms with E-state index in [9.17, 15) is 4.79 Å². The van der Waals surface area contributed by atoms with E-state index < -0.39 is 0 Å². The van der Waals surface area contributed by atoms with Crippen molar-refractivity contribution in [3.8, 4) is 0 Å². The van der Waals surface area contributed by atoms with Gasteiger partial charge in [0.25, 0.3) is 0 Å². The molecule has 0 bridgehead atoms. The topological polar surface area (TPSA) is 41.1 Å². The van der Waals surface area contributed by atoms with E-state index in [0.717, 1.165) is 19.4 Å². The first-order valence-electron chi connectivity index (χ1n) is 6.66. The van der Waals surface area contributed by atoms with Gasteiger partial charge in [-0.25, -0.2) is 0 Å². The van der Waals surface area contributed by atoms with Crippen molar-refractivity contribution in [1.82, 2.24) is 10.6 Å². The van der Waals surface area contributed by atoms with Crippen LogP contribution in [0.2, 0.25) is 0 Å². The van der Waals surface area contributed by atoms with Gasteiger partial charge in [0.15, 0.2) is 0 Å². The average Bonchev–Trinajstić information content (AvgIpc) is 2.80. The maximum Gasteiger partial charge on any atom is 0.237 e. The van der Waals surface area contributed by atoms with E-state index in [1.54, 1.807) is 0 Å². The largest absolute Gasteiger partial charge is 0.351 e. The lowest BCUT2D eigenvalue weighted by Crippen LogP contribution is -2.40. The normalized spacial score (nSPS) is 17.9. The standard InChI is InChI=1S/C15H22N2O.ClH/c1-10-7-11(2)13(12(3)8-10)9-17-15(18)14-5-4-6-16-14;/h7-8,14,16H,4-6,9H2,1-3H3,(H,17,18);1H. The van der Waals surface area contributed by atoms with Crippen molar-refractivity contribution in [3.63, 3.8) is 0 Å². The van der Waals surface area contributed by atoms with Crippen LogP contribution in [-0.2, 0) is 11.3 Å². The van der Waals surface area contributed by atoms with Crippen molar-refractivity contribution in [2.45, 2.75) is 46.2 Å². The van der Waals surface area contributed by atoms with Crippen LogP contribution in [0.1, 0.15) is 35.1 Å². The predicted molar refractivity (Wildman–Crippen MR) is 80.8 cm³/mol. The van der Waals surface area contributed by atoms with Gasteiger partial charge in [-0.2, -0.15) is 0 Å². The summed E-state index contributed by atoms with van der Waals surface area (Å²) in [7, 11) is 0. The summed E-state index contributed by atoms with van der Waals surface area (Å²) >= 11 is 0. The fraction of sp³-hybridized carbons (Fsp3) is 0.533. The van der Waals surface area contributed by atoms with Crippen molar-refractivity contribution in [2.24, 2.45) is 0 Å². The third-order valence-corrected chi connectivity index (χ3v) is 3.66. The molecule has 1 aliphatic heterocycles. The van der Waals surface area contributed by atoms with Crippen LogP contribution in [-0.4, -0.2) is 18.5 Å². The molecule has 1 saturated heterocycles. The van der Waals surface area contributed by atoms with Crippen LogP contribution in [0.3, 0.4) is 0 Å². The molecule has 3 nitrogen and oxygen atoms in total. The highest BCUT2D eigenvalue weighted by Gasteiger charge is 2.21. The minimum absolute atomic E-state index is 0. The summed E-state index contributed by atoms with van der Waals surface area (Å²) in [5.41, 5.74) is 5.03. The van der Waals surface area contributed by atoms with Crippen LogP contribution in [0.15, 0.2) is 12.1 Å². The molecule has 4 heteroatoms. The van der Waals surface area contributed by atoms with Gasteiger partial charge in [0.1, 0.15) is 0 Å².